The molecule has 5 heteroatoms. The predicted octanol–water partition coefficient (Wildman–Crippen LogP) is 6.42. The molecule has 2 aliphatic heterocycles. The molecule has 4 aromatic rings. The molecule has 3 aliphatic rings. The minimum absolute atomic E-state index is 0.360. The number of esters is 1. The Morgan fingerprint density at radius 3 is 2.52 bits per heavy atom. The summed E-state index contributed by atoms with van der Waals surface area (Å²) < 4.78 is 24.2. The third kappa shape index (κ3) is 4.03. The lowest BCUT2D eigenvalue weighted by molar-refractivity contribution is 0.0600. The second kappa shape index (κ2) is 10.7. The number of hydrogen-bond acceptors (Lipinski definition) is 5. The van der Waals surface area contributed by atoms with Crippen molar-refractivity contribution in [1.29, 1.82) is 0 Å². The van der Waals surface area contributed by atoms with Crippen LogP contribution in [0.3, 0.4) is 0 Å². The van der Waals surface area contributed by atoms with Gasteiger partial charge in [0.1, 0.15) is 23.0 Å². The van der Waals surface area contributed by atoms with Crippen LogP contribution in [-0.4, -0.2) is 26.8 Å². The van der Waals surface area contributed by atoms with Crippen molar-refractivity contribution in [1.82, 2.24) is 0 Å². The van der Waals surface area contributed by atoms with E-state index < -0.39 is 0 Å². The Labute approximate surface area is 234 Å². The van der Waals surface area contributed by atoms with Gasteiger partial charge in [0.05, 0.1) is 31.8 Å². The lowest BCUT2D eigenvalue weighted by Gasteiger charge is -2.28. The quantitative estimate of drug-likeness (QED) is 0.250. The molecule has 0 aromatic heterocycles. The van der Waals surface area contributed by atoms with E-state index in [0.717, 1.165) is 94.4 Å². The fraction of sp³-hybridized carbons (Fsp3) is 0.286. The number of rotatable bonds is 3. The van der Waals surface area contributed by atoms with E-state index in [2.05, 4.69) is 24.3 Å². The number of methoxy groups -OCH3 is 2. The summed E-state index contributed by atoms with van der Waals surface area (Å²) in [5, 5.41) is 4.19. The maximum absolute atomic E-state index is 13.0. The van der Waals surface area contributed by atoms with Crippen LogP contribution >= 0.6 is 0 Å². The van der Waals surface area contributed by atoms with E-state index in [1.807, 2.05) is 50.2 Å². The summed E-state index contributed by atoms with van der Waals surface area (Å²) in [5.41, 5.74) is 5.77. The Kier molecular flexibility index (Phi) is 6.97. The summed E-state index contributed by atoms with van der Waals surface area (Å²) in [6.45, 7) is 4.73. The Morgan fingerprint density at radius 1 is 0.850 bits per heavy atom. The highest BCUT2D eigenvalue weighted by molar-refractivity contribution is 6.04. The summed E-state index contributed by atoms with van der Waals surface area (Å²) in [6.07, 6.45) is 4.81. The fourth-order valence-electron chi connectivity index (χ4n) is 6.33. The summed E-state index contributed by atoms with van der Waals surface area (Å²) in [5.74, 6) is 3.08. The first-order valence-electron chi connectivity index (χ1n) is 14.2. The lowest BCUT2D eigenvalue weighted by Crippen LogP contribution is -2.30. The third-order valence-electron chi connectivity index (χ3n) is 7.96. The van der Waals surface area contributed by atoms with Crippen molar-refractivity contribution >= 4 is 28.1 Å². The number of ether oxygens (including phenoxy) is 4. The van der Waals surface area contributed by atoms with Crippen molar-refractivity contribution in [2.45, 2.75) is 46.0 Å². The Hall–Kier alpha value is -4.25. The average Bonchev–Trinajstić information content (AvgIpc) is 3.23. The average molecular weight is 535 g/mol. The first-order valence-corrected chi connectivity index (χ1v) is 14.2. The van der Waals surface area contributed by atoms with Gasteiger partial charge in [-0.15, -0.1) is 0 Å². The van der Waals surface area contributed by atoms with Gasteiger partial charge in [-0.3, -0.25) is 0 Å². The molecular weight excluding hydrogens is 500 g/mol. The number of carbonyl (C=O) groups excluding carboxylic acids is 1. The Morgan fingerprint density at radius 2 is 1.70 bits per heavy atom. The molecular formula is C35H34O5. The first kappa shape index (κ1) is 26.0. The molecule has 2 heterocycles. The maximum atomic E-state index is 13.0. The molecule has 0 atom stereocenters. The topological polar surface area (TPSA) is 54.0 Å². The van der Waals surface area contributed by atoms with Crippen LogP contribution < -0.4 is 19.9 Å². The smallest absolute Gasteiger partial charge is 0.338 e. The van der Waals surface area contributed by atoms with E-state index in [1.165, 1.54) is 23.5 Å². The van der Waals surface area contributed by atoms with Gasteiger partial charge in [-0.1, -0.05) is 50.2 Å². The molecule has 0 spiro atoms. The summed E-state index contributed by atoms with van der Waals surface area (Å²) in [6, 6.07) is 20.2. The van der Waals surface area contributed by atoms with Crippen LogP contribution in [0, 0.1) is 0 Å². The van der Waals surface area contributed by atoms with Gasteiger partial charge < -0.3 is 18.9 Å². The molecule has 5 nitrogen and oxygen atoms in total. The van der Waals surface area contributed by atoms with Crippen LogP contribution in [0.15, 0.2) is 60.7 Å². The normalized spacial score (nSPS) is 14.8. The van der Waals surface area contributed by atoms with Crippen molar-refractivity contribution in [3.05, 3.63) is 98.9 Å². The minimum atomic E-state index is -0.360. The molecule has 0 N–H and O–H groups in total. The van der Waals surface area contributed by atoms with Gasteiger partial charge in [0.15, 0.2) is 0 Å². The zero-order chi connectivity index (χ0) is 27.8. The monoisotopic (exact) mass is 534 g/mol. The van der Waals surface area contributed by atoms with Gasteiger partial charge >= 0.3 is 5.97 Å². The molecule has 1 aliphatic carbocycles. The zero-order valence-corrected chi connectivity index (χ0v) is 23.6. The molecule has 40 heavy (non-hydrogen) atoms. The highest BCUT2D eigenvalue weighted by Crippen LogP contribution is 2.46. The van der Waals surface area contributed by atoms with Gasteiger partial charge in [0.25, 0.3) is 0 Å². The number of carbonyl (C=O) groups is 1. The zero-order valence-electron chi connectivity index (χ0n) is 23.6. The molecule has 204 valence electrons. The molecule has 0 saturated carbocycles. The van der Waals surface area contributed by atoms with E-state index in [9.17, 15) is 4.79 Å². The van der Waals surface area contributed by atoms with E-state index in [1.54, 1.807) is 7.11 Å². The Bertz CT molecular complexity index is 1770. The van der Waals surface area contributed by atoms with Crippen LogP contribution in [0.1, 0.15) is 65.7 Å². The fourth-order valence-corrected chi connectivity index (χ4v) is 6.33. The van der Waals surface area contributed by atoms with Crippen LogP contribution in [0.4, 0.5) is 0 Å². The van der Waals surface area contributed by atoms with Crippen LogP contribution in [0.2, 0.25) is 0 Å². The molecule has 0 bridgehead atoms. The van der Waals surface area contributed by atoms with Gasteiger partial charge in [0.2, 0.25) is 0 Å². The summed E-state index contributed by atoms with van der Waals surface area (Å²) >= 11 is 0. The van der Waals surface area contributed by atoms with Crippen LogP contribution in [0.25, 0.3) is 22.1 Å². The van der Waals surface area contributed by atoms with Gasteiger partial charge in [-0.25, -0.2) is 4.79 Å². The second-order valence-corrected chi connectivity index (χ2v) is 10.0. The predicted molar refractivity (Wildman–Crippen MR) is 158 cm³/mol. The Balaban J connectivity index is 0.00000142. The molecule has 4 aromatic carbocycles. The van der Waals surface area contributed by atoms with Crippen LogP contribution in [0.5, 0.6) is 17.2 Å². The lowest BCUT2D eigenvalue weighted by atomic mass is 9.84. The summed E-state index contributed by atoms with van der Waals surface area (Å²) in [4.78, 5) is 13.0. The largest absolute Gasteiger partial charge is 0.497 e. The standard InChI is InChI=1S/C33H28O5.C2H6/c1-35-26-13-5-8-19-15-16-24-30(21-10-3-4-11-22(21)33(34)36-2)25-18-20-9-7-17-37-27-14-6-12-23(28(20)27)31(25)38-32(24)29(19)26;1-2/h3-5,8,10-11,13,15-16,18H,6-7,9,12,14,17H2,1-2H3;1-2H3. The van der Waals surface area contributed by atoms with Crippen molar-refractivity contribution < 1.29 is 23.7 Å². The van der Waals surface area contributed by atoms with Crippen molar-refractivity contribution in [2.24, 2.45) is 0 Å². The molecule has 0 radical (unpaired) electrons. The number of fused-ring (bicyclic) bond motifs is 5. The molecule has 0 amide bonds. The SMILES string of the molecule is CC.COC(=O)c1ccccc1C1=c2cc3c4c(c2Oc2c1ccc1cccc(OC)c21)CCCC=4OCCC3. The van der Waals surface area contributed by atoms with Gasteiger partial charge in [0, 0.05) is 33.6 Å². The van der Waals surface area contributed by atoms with Crippen molar-refractivity contribution in [3.8, 4) is 17.2 Å². The second-order valence-electron chi connectivity index (χ2n) is 10.0. The maximum Gasteiger partial charge on any atom is 0.338 e. The number of hydrogen-bond donors (Lipinski definition) is 0. The molecule has 7 rings (SSSR count). The van der Waals surface area contributed by atoms with E-state index in [-0.39, 0.29) is 5.97 Å². The highest BCUT2D eigenvalue weighted by atomic mass is 16.5. The van der Waals surface area contributed by atoms with E-state index in [4.69, 9.17) is 18.9 Å². The number of benzene rings is 4. The van der Waals surface area contributed by atoms with Crippen molar-refractivity contribution in [3.63, 3.8) is 0 Å². The van der Waals surface area contributed by atoms with Gasteiger partial charge in [-0.05, 0) is 66.5 Å². The molecule has 0 fully saturated rings. The minimum Gasteiger partial charge on any atom is -0.497 e. The van der Waals surface area contributed by atoms with E-state index >= 15 is 0 Å². The van der Waals surface area contributed by atoms with E-state index in [0.29, 0.717) is 5.56 Å². The van der Waals surface area contributed by atoms with Crippen LogP contribution in [-0.2, 0) is 22.3 Å². The summed E-state index contributed by atoms with van der Waals surface area (Å²) in [7, 11) is 3.11. The first-order chi connectivity index (χ1) is 19.7. The van der Waals surface area contributed by atoms with Crippen molar-refractivity contribution in [2.75, 3.05) is 20.8 Å². The molecule has 0 saturated heterocycles. The highest BCUT2D eigenvalue weighted by Gasteiger charge is 2.30. The molecule has 0 unspecified atom stereocenters. The van der Waals surface area contributed by atoms with Gasteiger partial charge in [-0.2, -0.15) is 0 Å². The number of aryl methyl sites for hydroxylation is 1. The third-order valence-corrected chi connectivity index (χ3v) is 7.96.